The van der Waals surface area contributed by atoms with Crippen molar-refractivity contribution < 1.29 is 14.3 Å². The van der Waals surface area contributed by atoms with Crippen molar-refractivity contribution in [2.45, 2.75) is 20.5 Å². The lowest BCUT2D eigenvalue weighted by Gasteiger charge is -2.05. The number of hydrogen-bond donors (Lipinski definition) is 0. The highest BCUT2D eigenvalue weighted by Gasteiger charge is 2.04. The molecule has 0 aliphatic heterocycles. The molecule has 1 aromatic heterocycles. The van der Waals surface area contributed by atoms with E-state index in [0.717, 1.165) is 5.56 Å². The molecule has 0 radical (unpaired) electrons. The second-order valence-corrected chi connectivity index (χ2v) is 3.65. The Kier molecular flexibility index (Phi) is 6.82. The van der Waals surface area contributed by atoms with Crippen molar-refractivity contribution in [2.24, 2.45) is 0 Å². The Labute approximate surface area is 119 Å². The monoisotopic (exact) mass is 273 g/mol. The second kappa shape index (κ2) is 8.69. The molecule has 0 aliphatic rings. The Morgan fingerprint density at radius 2 is 1.80 bits per heavy atom. The lowest BCUT2D eigenvalue weighted by atomic mass is 10.1. The van der Waals surface area contributed by atoms with Gasteiger partial charge in [-0.2, -0.15) is 0 Å². The summed E-state index contributed by atoms with van der Waals surface area (Å²) in [5, 5.41) is 0. The van der Waals surface area contributed by atoms with Gasteiger partial charge in [-0.25, -0.2) is 9.78 Å². The minimum atomic E-state index is -0.341. The van der Waals surface area contributed by atoms with Crippen molar-refractivity contribution >= 4 is 5.97 Å². The second-order valence-electron chi connectivity index (χ2n) is 3.65. The normalized spacial score (nSPS) is 9.15. The van der Waals surface area contributed by atoms with Gasteiger partial charge in [-0.3, -0.25) is 0 Å². The zero-order chi connectivity index (χ0) is 14.8. The largest absolute Gasteiger partial charge is 0.473 e. The summed E-state index contributed by atoms with van der Waals surface area (Å²) in [5.41, 5.74) is 1.49. The number of benzene rings is 1. The van der Waals surface area contributed by atoms with Crippen LogP contribution in [0.4, 0.5) is 0 Å². The number of esters is 1. The van der Waals surface area contributed by atoms with Crippen LogP contribution in [0.15, 0.2) is 48.7 Å². The predicted octanol–water partition coefficient (Wildman–Crippen LogP) is 3.47. The number of pyridine rings is 1. The fourth-order valence-electron chi connectivity index (χ4n) is 1.44. The molecule has 0 aliphatic carbocycles. The highest BCUT2D eigenvalue weighted by atomic mass is 16.5. The van der Waals surface area contributed by atoms with Crippen molar-refractivity contribution in [3.63, 3.8) is 0 Å². The molecule has 0 spiro atoms. The molecule has 0 saturated heterocycles. The van der Waals surface area contributed by atoms with Gasteiger partial charge in [-0.15, -0.1) is 0 Å². The zero-order valence-corrected chi connectivity index (χ0v) is 12.0. The van der Waals surface area contributed by atoms with Crippen LogP contribution in [-0.4, -0.2) is 18.1 Å². The van der Waals surface area contributed by atoms with Gasteiger partial charge in [0.1, 0.15) is 6.61 Å². The topological polar surface area (TPSA) is 48.4 Å². The Morgan fingerprint density at radius 3 is 2.35 bits per heavy atom. The van der Waals surface area contributed by atoms with Crippen LogP contribution in [0, 0.1) is 0 Å². The summed E-state index contributed by atoms with van der Waals surface area (Å²) >= 11 is 0. The molecule has 4 nitrogen and oxygen atoms in total. The minimum absolute atomic E-state index is 0.341. The number of aromatic nitrogens is 1. The van der Waals surface area contributed by atoms with E-state index in [1.165, 1.54) is 7.11 Å². The summed E-state index contributed by atoms with van der Waals surface area (Å²) < 4.78 is 10.1. The lowest BCUT2D eigenvalue weighted by Crippen LogP contribution is -2.02. The molecule has 0 bridgehead atoms. The average Bonchev–Trinajstić information content (AvgIpc) is 2.55. The van der Waals surface area contributed by atoms with Gasteiger partial charge < -0.3 is 9.47 Å². The third-order valence-corrected chi connectivity index (χ3v) is 2.40. The maximum atomic E-state index is 11.2. The van der Waals surface area contributed by atoms with Crippen LogP contribution in [0.1, 0.15) is 29.8 Å². The van der Waals surface area contributed by atoms with Gasteiger partial charge in [0.2, 0.25) is 5.88 Å². The van der Waals surface area contributed by atoms with E-state index in [2.05, 4.69) is 9.72 Å². The first-order valence-electron chi connectivity index (χ1n) is 6.50. The summed E-state index contributed by atoms with van der Waals surface area (Å²) in [5.74, 6) is 0.238. The summed E-state index contributed by atoms with van der Waals surface area (Å²) in [7, 11) is 1.36. The Balaban J connectivity index is 0.000000956. The van der Waals surface area contributed by atoms with Crippen LogP contribution in [0.2, 0.25) is 0 Å². The fraction of sp³-hybridized carbons (Fsp3) is 0.250. The van der Waals surface area contributed by atoms with Gasteiger partial charge >= 0.3 is 5.97 Å². The molecular formula is C16H19NO3. The molecule has 0 amide bonds. The van der Waals surface area contributed by atoms with Crippen molar-refractivity contribution in [2.75, 3.05) is 7.11 Å². The molecule has 4 heteroatoms. The van der Waals surface area contributed by atoms with Gasteiger partial charge in [0, 0.05) is 12.3 Å². The smallest absolute Gasteiger partial charge is 0.337 e. The molecule has 1 aromatic carbocycles. The maximum absolute atomic E-state index is 11.2. The van der Waals surface area contributed by atoms with Crippen LogP contribution in [-0.2, 0) is 11.3 Å². The van der Waals surface area contributed by atoms with Crippen LogP contribution >= 0.6 is 0 Å². The van der Waals surface area contributed by atoms with E-state index in [4.69, 9.17) is 4.74 Å². The molecule has 2 aromatic rings. The highest BCUT2D eigenvalue weighted by molar-refractivity contribution is 5.89. The van der Waals surface area contributed by atoms with Crippen molar-refractivity contribution in [1.82, 2.24) is 4.98 Å². The Bertz CT molecular complexity index is 509. The van der Waals surface area contributed by atoms with Gasteiger partial charge in [-0.1, -0.05) is 32.0 Å². The molecule has 0 unspecified atom stereocenters. The number of hydrogen-bond acceptors (Lipinski definition) is 4. The van der Waals surface area contributed by atoms with Gasteiger partial charge in [0.05, 0.1) is 12.7 Å². The molecule has 2 rings (SSSR count). The number of methoxy groups -OCH3 is 1. The van der Waals surface area contributed by atoms with E-state index in [-0.39, 0.29) is 5.97 Å². The molecule has 20 heavy (non-hydrogen) atoms. The summed E-state index contributed by atoms with van der Waals surface area (Å²) in [6, 6.07) is 12.6. The zero-order valence-electron chi connectivity index (χ0n) is 12.0. The van der Waals surface area contributed by atoms with E-state index in [9.17, 15) is 4.79 Å². The van der Waals surface area contributed by atoms with Crippen molar-refractivity contribution in [3.8, 4) is 5.88 Å². The van der Waals surface area contributed by atoms with Crippen molar-refractivity contribution in [1.29, 1.82) is 0 Å². The minimum Gasteiger partial charge on any atom is -0.473 e. The third-order valence-electron chi connectivity index (χ3n) is 2.40. The summed E-state index contributed by atoms with van der Waals surface area (Å²) in [6.45, 7) is 4.42. The number of carbonyl (C=O) groups is 1. The molecule has 1 heterocycles. The van der Waals surface area contributed by atoms with Gasteiger partial charge in [0.15, 0.2) is 0 Å². The SMILES string of the molecule is CC.COC(=O)c1ccc(COc2ccccn2)cc1. The van der Waals surface area contributed by atoms with Crippen LogP contribution in [0.3, 0.4) is 0 Å². The third kappa shape index (κ3) is 4.72. The van der Waals surface area contributed by atoms with Crippen LogP contribution < -0.4 is 4.74 Å². The molecule has 0 N–H and O–H groups in total. The van der Waals surface area contributed by atoms with Gasteiger partial charge in [-0.05, 0) is 23.8 Å². The number of ether oxygens (including phenoxy) is 2. The lowest BCUT2D eigenvalue weighted by molar-refractivity contribution is 0.0600. The average molecular weight is 273 g/mol. The molecule has 0 fully saturated rings. The van der Waals surface area contributed by atoms with E-state index >= 15 is 0 Å². The molecule has 0 atom stereocenters. The number of carbonyl (C=O) groups excluding carboxylic acids is 1. The fourth-order valence-corrected chi connectivity index (χ4v) is 1.44. The molecular weight excluding hydrogens is 254 g/mol. The number of nitrogens with zero attached hydrogens (tertiary/aromatic N) is 1. The first-order valence-corrected chi connectivity index (χ1v) is 6.50. The standard InChI is InChI=1S/C14H13NO3.C2H6/c1-17-14(16)12-7-5-11(6-8-12)10-18-13-4-2-3-9-15-13;1-2/h2-9H,10H2,1H3;1-2H3. The summed E-state index contributed by atoms with van der Waals surface area (Å²) in [6.07, 6.45) is 1.68. The number of rotatable bonds is 4. The molecule has 0 saturated carbocycles. The highest BCUT2D eigenvalue weighted by Crippen LogP contribution is 2.10. The Morgan fingerprint density at radius 1 is 1.10 bits per heavy atom. The predicted molar refractivity (Wildman–Crippen MR) is 77.7 cm³/mol. The van der Waals surface area contributed by atoms with E-state index in [0.29, 0.717) is 18.1 Å². The quantitative estimate of drug-likeness (QED) is 0.800. The summed E-state index contributed by atoms with van der Waals surface area (Å²) in [4.78, 5) is 15.3. The maximum Gasteiger partial charge on any atom is 0.337 e. The first kappa shape index (κ1) is 15.7. The van der Waals surface area contributed by atoms with E-state index in [1.54, 1.807) is 24.4 Å². The Hall–Kier alpha value is -2.36. The van der Waals surface area contributed by atoms with Gasteiger partial charge in [0.25, 0.3) is 0 Å². The first-order chi connectivity index (χ1) is 9.79. The van der Waals surface area contributed by atoms with E-state index in [1.807, 2.05) is 38.1 Å². The van der Waals surface area contributed by atoms with Crippen LogP contribution in [0.25, 0.3) is 0 Å². The van der Waals surface area contributed by atoms with Crippen LogP contribution in [0.5, 0.6) is 5.88 Å². The van der Waals surface area contributed by atoms with E-state index < -0.39 is 0 Å². The van der Waals surface area contributed by atoms with Crippen molar-refractivity contribution in [3.05, 3.63) is 59.8 Å². The molecule has 106 valence electrons.